The summed E-state index contributed by atoms with van der Waals surface area (Å²) in [7, 11) is 1.63. The van der Waals surface area contributed by atoms with Gasteiger partial charge in [-0.15, -0.1) is 12.4 Å². The van der Waals surface area contributed by atoms with Crippen LogP contribution in [0.25, 0.3) is 0 Å². The van der Waals surface area contributed by atoms with Crippen LogP contribution in [-0.4, -0.2) is 31.7 Å². The first-order valence-corrected chi connectivity index (χ1v) is 7.41. The number of amides is 1. The van der Waals surface area contributed by atoms with Crippen LogP contribution in [0.5, 0.6) is 0 Å². The predicted octanol–water partition coefficient (Wildman–Crippen LogP) is 2.05. The number of nitrogens with one attached hydrogen (secondary N) is 1. The standard InChI is InChI=1S/C16H23FN2O2.ClH/c1-21-15-10-12(6-7-14(15)18)16(20)19-9-8-11-4-2-3-5-13(11)17;/h2-5,12,14-15H,6-10,18H2,1H3,(H,19,20);1H/t12-,14-,15-;/m0./s1. The van der Waals surface area contributed by atoms with E-state index < -0.39 is 0 Å². The molecule has 1 aromatic rings. The fourth-order valence-corrected chi connectivity index (χ4v) is 2.83. The van der Waals surface area contributed by atoms with Gasteiger partial charge in [0.25, 0.3) is 0 Å². The third-order valence-corrected chi connectivity index (χ3v) is 4.17. The molecule has 3 N–H and O–H groups in total. The summed E-state index contributed by atoms with van der Waals surface area (Å²) in [5.41, 5.74) is 6.57. The Bertz CT molecular complexity index is 487. The third-order valence-electron chi connectivity index (χ3n) is 4.17. The zero-order valence-corrected chi connectivity index (χ0v) is 13.6. The number of carbonyl (C=O) groups is 1. The van der Waals surface area contributed by atoms with E-state index in [9.17, 15) is 9.18 Å². The fraction of sp³-hybridized carbons (Fsp3) is 0.562. The Morgan fingerprint density at radius 3 is 2.82 bits per heavy atom. The largest absolute Gasteiger partial charge is 0.380 e. The van der Waals surface area contributed by atoms with Gasteiger partial charge in [0.2, 0.25) is 5.91 Å². The summed E-state index contributed by atoms with van der Waals surface area (Å²) in [6.45, 7) is 0.444. The van der Waals surface area contributed by atoms with Crippen LogP contribution in [0.2, 0.25) is 0 Å². The molecule has 3 atom stereocenters. The highest BCUT2D eigenvalue weighted by molar-refractivity contribution is 5.85. The van der Waals surface area contributed by atoms with Gasteiger partial charge in [0.05, 0.1) is 6.10 Å². The van der Waals surface area contributed by atoms with E-state index in [2.05, 4.69) is 5.32 Å². The molecule has 0 aliphatic heterocycles. The molecule has 0 spiro atoms. The molecule has 1 aliphatic carbocycles. The van der Waals surface area contributed by atoms with E-state index in [1.807, 2.05) is 0 Å². The molecule has 1 saturated carbocycles. The number of halogens is 2. The van der Waals surface area contributed by atoms with Gasteiger partial charge >= 0.3 is 0 Å². The number of rotatable bonds is 5. The Balaban J connectivity index is 0.00000242. The Kier molecular flexibility index (Phi) is 7.79. The lowest BCUT2D eigenvalue weighted by Gasteiger charge is -2.32. The van der Waals surface area contributed by atoms with Crippen molar-refractivity contribution in [2.24, 2.45) is 11.7 Å². The first-order chi connectivity index (χ1) is 10.1. The van der Waals surface area contributed by atoms with Gasteiger partial charge in [0.15, 0.2) is 0 Å². The Morgan fingerprint density at radius 1 is 1.41 bits per heavy atom. The minimum Gasteiger partial charge on any atom is -0.380 e. The zero-order chi connectivity index (χ0) is 15.2. The molecule has 2 rings (SSSR count). The van der Waals surface area contributed by atoms with Crippen LogP contribution >= 0.6 is 12.4 Å². The van der Waals surface area contributed by atoms with Crippen molar-refractivity contribution in [1.29, 1.82) is 0 Å². The molecule has 4 nitrogen and oxygen atoms in total. The van der Waals surface area contributed by atoms with Crippen LogP contribution in [-0.2, 0) is 16.0 Å². The normalized spacial score (nSPS) is 24.4. The number of hydrogen-bond acceptors (Lipinski definition) is 3. The molecule has 22 heavy (non-hydrogen) atoms. The van der Waals surface area contributed by atoms with Crippen molar-refractivity contribution in [3.63, 3.8) is 0 Å². The van der Waals surface area contributed by atoms with E-state index in [1.54, 1.807) is 25.3 Å². The van der Waals surface area contributed by atoms with E-state index in [1.165, 1.54) is 6.07 Å². The summed E-state index contributed by atoms with van der Waals surface area (Å²) >= 11 is 0. The summed E-state index contributed by atoms with van der Waals surface area (Å²) in [6, 6.07) is 6.64. The number of methoxy groups -OCH3 is 1. The molecule has 0 radical (unpaired) electrons. The van der Waals surface area contributed by atoms with Crippen LogP contribution in [0.15, 0.2) is 24.3 Å². The fourth-order valence-electron chi connectivity index (χ4n) is 2.83. The number of ether oxygens (including phenoxy) is 1. The minimum absolute atomic E-state index is 0. The molecule has 1 fully saturated rings. The summed E-state index contributed by atoms with van der Waals surface area (Å²) in [6.07, 6.45) is 2.68. The van der Waals surface area contributed by atoms with Crippen LogP contribution in [0.4, 0.5) is 4.39 Å². The SMILES string of the molecule is CO[C@H]1C[C@@H](C(=O)NCCc2ccccc2F)CC[C@@H]1N.Cl. The van der Waals surface area contributed by atoms with Gasteiger partial charge in [0.1, 0.15) is 5.82 Å². The molecule has 1 aliphatic rings. The summed E-state index contributed by atoms with van der Waals surface area (Å²) in [4.78, 5) is 12.1. The van der Waals surface area contributed by atoms with Crippen molar-refractivity contribution in [2.75, 3.05) is 13.7 Å². The van der Waals surface area contributed by atoms with Crippen molar-refractivity contribution in [3.8, 4) is 0 Å². The molecule has 0 unspecified atom stereocenters. The Morgan fingerprint density at radius 2 is 2.14 bits per heavy atom. The molecule has 0 heterocycles. The molecule has 1 amide bonds. The van der Waals surface area contributed by atoms with Gasteiger partial charge in [0, 0.05) is 25.6 Å². The second kappa shape index (κ2) is 9.08. The average molecular weight is 331 g/mol. The van der Waals surface area contributed by atoms with E-state index in [0.29, 0.717) is 24.9 Å². The molecule has 6 heteroatoms. The van der Waals surface area contributed by atoms with Crippen molar-refractivity contribution in [3.05, 3.63) is 35.6 Å². The van der Waals surface area contributed by atoms with Gasteiger partial charge < -0.3 is 15.8 Å². The van der Waals surface area contributed by atoms with Crippen molar-refractivity contribution in [2.45, 2.75) is 37.8 Å². The number of nitrogens with two attached hydrogens (primary N) is 1. The van der Waals surface area contributed by atoms with Gasteiger partial charge in [-0.3, -0.25) is 4.79 Å². The highest BCUT2D eigenvalue weighted by Crippen LogP contribution is 2.25. The van der Waals surface area contributed by atoms with Crippen molar-refractivity contribution in [1.82, 2.24) is 5.32 Å². The quantitative estimate of drug-likeness (QED) is 0.868. The summed E-state index contributed by atoms with van der Waals surface area (Å²) in [5, 5.41) is 2.89. The Hall–Kier alpha value is -1.17. The number of benzene rings is 1. The van der Waals surface area contributed by atoms with Crippen LogP contribution in [0.3, 0.4) is 0 Å². The lowest BCUT2D eigenvalue weighted by Crippen LogP contribution is -2.45. The van der Waals surface area contributed by atoms with E-state index in [0.717, 1.165) is 12.8 Å². The first-order valence-electron chi connectivity index (χ1n) is 7.41. The molecule has 0 bridgehead atoms. The molecular formula is C16H24ClFN2O2. The van der Waals surface area contributed by atoms with Gasteiger partial charge in [-0.1, -0.05) is 18.2 Å². The lowest BCUT2D eigenvalue weighted by atomic mass is 9.83. The van der Waals surface area contributed by atoms with Gasteiger partial charge in [-0.25, -0.2) is 4.39 Å². The lowest BCUT2D eigenvalue weighted by molar-refractivity contribution is -0.127. The number of carbonyl (C=O) groups excluding carboxylic acids is 1. The topological polar surface area (TPSA) is 64.3 Å². The average Bonchev–Trinajstić information content (AvgIpc) is 2.49. The highest BCUT2D eigenvalue weighted by Gasteiger charge is 2.31. The van der Waals surface area contributed by atoms with Crippen molar-refractivity contribution >= 4 is 18.3 Å². The molecule has 0 saturated heterocycles. The maximum Gasteiger partial charge on any atom is 0.223 e. The molecule has 124 valence electrons. The van der Waals surface area contributed by atoms with E-state index in [4.69, 9.17) is 10.5 Å². The maximum atomic E-state index is 13.5. The monoisotopic (exact) mass is 330 g/mol. The minimum atomic E-state index is -0.227. The predicted molar refractivity (Wildman–Crippen MR) is 86.5 cm³/mol. The number of hydrogen-bond donors (Lipinski definition) is 2. The first kappa shape index (κ1) is 18.9. The smallest absolute Gasteiger partial charge is 0.223 e. The van der Waals surface area contributed by atoms with E-state index in [-0.39, 0.29) is 42.2 Å². The van der Waals surface area contributed by atoms with Crippen LogP contribution in [0, 0.1) is 11.7 Å². The zero-order valence-electron chi connectivity index (χ0n) is 12.8. The Labute approximate surface area is 137 Å². The highest BCUT2D eigenvalue weighted by atomic mass is 35.5. The maximum absolute atomic E-state index is 13.5. The van der Waals surface area contributed by atoms with Crippen LogP contribution < -0.4 is 11.1 Å². The summed E-state index contributed by atoms with van der Waals surface area (Å²) < 4.78 is 18.8. The molecule has 1 aromatic carbocycles. The second-order valence-electron chi connectivity index (χ2n) is 5.58. The van der Waals surface area contributed by atoms with Gasteiger partial charge in [-0.05, 0) is 37.3 Å². The molecule has 0 aromatic heterocycles. The third kappa shape index (κ3) is 4.93. The second-order valence-corrected chi connectivity index (χ2v) is 5.58. The van der Waals surface area contributed by atoms with Crippen molar-refractivity contribution < 1.29 is 13.9 Å². The molecular weight excluding hydrogens is 307 g/mol. The van der Waals surface area contributed by atoms with Crippen LogP contribution in [0.1, 0.15) is 24.8 Å². The van der Waals surface area contributed by atoms with E-state index >= 15 is 0 Å². The summed E-state index contributed by atoms with van der Waals surface area (Å²) in [5.74, 6) is -0.273. The van der Waals surface area contributed by atoms with Gasteiger partial charge in [-0.2, -0.15) is 0 Å².